The van der Waals surface area contributed by atoms with E-state index in [-0.39, 0.29) is 0 Å². The molecule has 10 nitrogen and oxygen atoms in total. The van der Waals surface area contributed by atoms with E-state index in [1.165, 1.54) is 42.0 Å². The van der Waals surface area contributed by atoms with Crippen molar-refractivity contribution < 1.29 is 9.13 Å². The molecule has 0 aromatic carbocycles. The Morgan fingerprint density at radius 2 is 1.23 bits per heavy atom. The van der Waals surface area contributed by atoms with Gasteiger partial charge >= 0.3 is 0 Å². The van der Waals surface area contributed by atoms with Gasteiger partial charge in [-0.3, -0.25) is 5.10 Å². The molecule has 0 radical (unpaired) electrons. The molecule has 5 rings (SSSR count). The van der Waals surface area contributed by atoms with Crippen molar-refractivity contribution in [3.8, 4) is 0 Å². The van der Waals surface area contributed by atoms with Crippen molar-refractivity contribution in [1.82, 2.24) is 39.5 Å². The number of unbranched alkanes of at least 4 members (excludes halogenated alkanes) is 4. The molecule has 1 N–H and O–H groups in total. The SMILES string of the molecule is CCCCc1c(CCCC)[n+]2cn1Cc1nnc([n-]1)Cn1c[n+](c(CCCC)c1CCCC)Cc1nc(n[nH]1)C2. The van der Waals surface area contributed by atoms with Crippen molar-refractivity contribution in [2.24, 2.45) is 0 Å². The Morgan fingerprint density at radius 3 is 1.75 bits per heavy atom. The largest absolute Gasteiger partial charge is 0.359 e. The summed E-state index contributed by atoms with van der Waals surface area (Å²) in [6.45, 7) is 11.6. The number of nitrogens with one attached hydrogen (secondary N) is 1. The molecule has 0 spiro atoms. The van der Waals surface area contributed by atoms with Crippen LogP contribution in [0.4, 0.5) is 0 Å². The van der Waals surface area contributed by atoms with E-state index in [4.69, 9.17) is 9.97 Å². The number of aromatic nitrogens is 10. The van der Waals surface area contributed by atoms with Crippen molar-refractivity contribution in [2.45, 2.75) is 131 Å². The standard InChI is InChI=1S/C30H47N10/c1-5-9-13-23-24(14-10-6-2)38-18-28-32-30(36-34-28)20-40-22-39(25(15-11-7-3)26(40)16-12-8-4)19-29-31-27(33-35-29)17-37(23)21-38/h21-22H,5-20H2,1-4H3,(H-,31,32,33,34,35,36)/q+1. The maximum atomic E-state index is 4.98. The van der Waals surface area contributed by atoms with Crippen molar-refractivity contribution in [3.63, 3.8) is 0 Å². The van der Waals surface area contributed by atoms with Gasteiger partial charge in [-0.05, 0) is 25.7 Å². The molecule has 0 saturated heterocycles. The molecule has 4 aromatic rings. The van der Waals surface area contributed by atoms with Crippen LogP contribution in [0, 0.1) is 0 Å². The number of rotatable bonds is 12. The summed E-state index contributed by atoms with van der Waals surface area (Å²) in [5.41, 5.74) is 5.55. The Kier molecular flexibility index (Phi) is 9.44. The zero-order chi connectivity index (χ0) is 27.9. The van der Waals surface area contributed by atoms with Gasteiger partial charge in [0.15, 0.2) is 18.2 Å². The summed E-state index contributed by atoms with van der Waals surface area (Å²) < 4.78 is 9.42. The highest BCUT2D eigenvalue weighted by molar-refractivity contribution is 5.13. The van der Waals surface area contributed by atoms with E-state index >= 15 is 0 Å². The molecule has 0 unspecified atom stereocenters. The van der Waals surface area contributed by atoms with Crippen molar-refractivity contribution >= 4 is 0 Å². The van der Waals surface area contributed by atoms with E-state index in [1.54, 1.807) is 0 Å². The molecule has 8 bridgehead atoms. The van der Waals surface area contributed by atoms with Crippen LogP contribution in [0.25, 0.3) is 0 Å². The lowest BCUT2D eigenvalue weighted by molar-refractivity contribution is -0.697. The van der Waals surface area contributed by atoms with E-state index in [1.807, 2.05) is 0 Å². The van der Waals surface area contributed by atoms with Crippen LogP contribution in [-0.4, -0.2) is 34.5 Å². The highest BCUT2D eigenvalue weighted by atomic mass is 15.3. The zero-order valence-electron chi connectivity index (χ0n) is 25.0. The number of imidazole rings is 2. The van der Waals surface area contributed by atoms with Gasteiger partial charge in [0.25, 0.3) is 0 Å². The second kappa shape index (κ2) is 13.4. The number of hydrogen-bond donors (Lipinski definition) is 1. The number of H-pyrrole nitrogens is 1. The van der Waals surface area contributed by atoms with Crippen LogP contribution in [-0.2, 0) is 51.9 Å². The fourth-order valence-electron chi connectivity index (χ4n) is 5.89. The van der Waals surface area contributed by atoms with Crippen LogP contribution in [0.15, 0.2) is 12.7 Å². The molecule has 40 heavy (non-hydrogen) atoms. The van der Waals surface area contributed by atoms with Gasteiger partial charge in [0.2, 0.25) is 12.7 Å². The summed E-state index contributed by atoms with van der Waals surface area (Å²) >= 11 is 0. The predicted molar refractivity (Wildman–Crippen MR) is 152 cm³/mol. The molecule has 0 fully saturated rings. The first-order chi connectivity index (χ1) is 19.6. The minimum atomic E-state index is 0.632. The quantitative estimate of drug-likeness (QED) is 0.241. The van der Waals surface area contributed by atoms with Crippen LogP contribution < -0.4 is 14.1 Å². The maximum absolute atomic E-state index is 4.98. The number of fused-ring (bicyclic) bond motifs is 8. The van der Waals surface area contributed by atoms with Gasteiger partial charge < -0.3 is 15.2 Å². The Labute approximate surface area is 238 Å². The van der Waals surface area contributed by atoms with Crippen molar-refractivity contribution in [3.05, 3.63) is 58.7 Å². The van der Waals surface area contributed by atoms with Crippen LogP contribution in [0.2, 0.25) is 0 Å². The average Bonchev–Trinajstić information content (AvgIpc) is 3.72. The normalized spacial score (nSPS) is 13.3. The monoisotopic (exact) mass is 547 g/mol. The first-order valence-corrected chi connectivity index (χ1v) is 15.6. The number of hydrogen-bond acceptors (Lipinski definition) is 4. The molecule has 0 atom stereocenters. The minimum absolute atomic E-state index is 0.632. The van der Waals surface area contributed by atoms with E-state index in [0.29, 0.717) is 26.2 Å². The lowest BCUT2D eigenvalue weighted by atomic mass is 10.1. The van der Waals surface area contributed by atoms with E-state index in [0.717, 1.165) is 81.1 Å². The summed E-state index contributed by atoms with van der Waals surface area (Å²) in [5, 5.41) is 17.0. The molecule has 1 aliphatic heterocycles. The smallest absolute Gasteiger partial charge is 0.244 e. The summed E-state index contributed by atoms with van der Waals surface area (Å²) in [4.78, 5) is 9.91. The lowest BCUT2D eigenvalue weighted by Gasteiger charge is -2.06. The third-order valence-electron chi connectivity index (χ3n) is 8.05. The Morgan fingerprint density at radius 1 is 0.725 bits per heavy atom. The highest BCUT2D eigenvalue weighted by Gasteiger charge is 2.26. The second-order valence-corrected chi connectivity index (χ2v) is 11.3. The number of nitrogens with zero attached hydrogens (tertiary/aromatic N) is 9. The van der Waals surface area contributed by atoms with Gasteiger partial charge in [-0.15, -0.1) is 0 Å². The van der Waals surface area contributed by atoms with E-state index < -0.39 is 0 Å². The molecule has 1 aliphatic rings. The van der Waals surface area contributed by atoms with Crippen molar-refractivity contribution in [2.75, 3.05) is 0 Å². The van der Waals surface area contributed by atoms with Crippen LogP contribution >= 0.6 is 0 Å². The fourth-order valence-corrected chi connectivity index (χ4v) is 5.89. The summed E-state index contributed by atoms with van der Waals surface area (Å²) in [7, 11) is 0. The maximum Gasteiger partial charge on any atom is 0.244 e. The Hall–Kier alpha value is -3.30. The topological polar surface area (TPSA) is 99.1 Å². The van der Waals surface area contributed by atoms with Gasteiger partial charge in [0, 0.05) is 37.3 Å². The predicted octanol–water partition coefficient (Wildman–Crippen LogP) is 3.61. The van der Waals surface area contributed by atoms with Crippen LogP contribution in [0.5, 0.6) is 0 Å². The van der Waals surface area contributed by atoms with Crippen LogP contribution in [0.1, 0.15) is 125 Å². The van der Waals surface area contributed by atoms with E-state index in [9.17, 15) is 0 Å². The summed E-state index contributed by atoms with van der Waals surface area (Å²) in [6, 6.07) is 0. The molecule has 0 saturated carbocycles. The summed E-state index contributed by atoms with van der Waals surface area (Å²) in [5.74, 6) is 3.30. The third-order valence-corrected chi connectivity index (χ3v) is 8.05. The van der Waals surface area contributed by atoms with Gasteiger partial charge in [-0.2, -0.15) is 5.10 Å². The fraction of sp³-hybridized carbons (Fsp3) is 0.667. The van der Waals surface area contributed by atoms with Crippen LogP contribution in [0.3, 0.4) is 0 Å². The molecule has 0 amide bonds. The zero-order valence-corrected chi connectivity index (χ0v) is 25.0. The first-order valence-electron chi connectivity index (χ1n) is 15.6. The molecule has 5 heterocycles. The van der Waals surface area contributed by atoms with Gasteiger partial charge in [0.1, 0.15) is 42.4 Å². The first kappa shape index (κ1) is 28.2. The third kappa shape index (κ3) is 6.36. The minimum Gasteiger partial charge on any atom is -0.359 e. The molecule has 10 heteroatoms. The van der Waals surface area contributed by atoms with Crippen molar-refractivity contribution in [1.29, 1.82) is 0 Å². The average molecular weight is 548 g/mol. The Bertz CT molecular complexity index is 1170. The highest BCUT2D eigenvalue weighted by Crippen LogP contribution is 2.17. The second-order valence-electron chi connectivity index (χ2n) is 11.3. The molecule has 4 aromatic heterocycles. The summed E-state index contributed by atoms with van der Waals surface area (Å²) in [6.07, 6.45) is 18.0. The van der Waals surface area contributed by atoms with Gasteiger partial charge in [-0.25, -0.2) is 23.3 Å². The molecular formula is C30H47N10+. The number of aromatic amines is 1. The molecule has 0 aliphatic carbocycles. The van der Waals surface area contributed by atoms with E-state index in [2.05, 4.69) is 79.0 Å². The van der Waals surface area contributed by atoms with Gasteiger partial charge in [0.05, 0.1) is 0 Å². The lowest BCUT2D eigenvalue weighted by Crippen LogP contribution is -2.38. The molecular weight excluding hydrogens is 500 g/mol. The Balaban J connectivity index is 1.58. The van der Waals surface area contributed by atoms with Gasteiger partial charge in [-0.1, -0.05) is 53.4 Å². The molecule has 216 valence electrons.